The third kappa shape index (κ3) is 4.73. The summed E-state index contributed by atoms with van der Waals surface area (Å²) in [5, 5.41) is 2.63. The van der Waals surface area contributed by atoms with Gasteiger partial charge in [0.25, 0.3) is 11.5 Å². The van der Waals surface area contributed by atoms with Gasteiger partial charge >= 0.3 is 6.18 Å². The first-order valence-electron chi connectivity index (χ1n) is 9.54. The maximum absolute atomic E-state index is 13.3. The number of halogens is 5. The fourth-order valence-electron chi connectivity index (χ4n) is 3.28. The Morgan fingerprint density at radius 3 is 2.48 bits per heavy atom. The van der Waals surface area contributed by atoms with Crippen LogP contribution in [0.25, 0.3) is 11.0 Å². The first kappa shape index (κ1) is 22.5. The van der Waals surface area contributed by atoms with Gasteiger partial charge in [-0.1, -0.05) is 23.7 Å². The van der Waals surface area contributed by atoms with E-state index < -0.39 is 29.0 Å². The number of hydrogen-bond donors (Lipinski definition) is 1. The van der Waals surface area contributed by atoms with E-state index in [-0.39, 0.29) is 22.8 Å². The largest absolute Gasteiger partial charge is 0.416 e. The number of aromatic nitrogens is 2. The molecule has 2 aromatic carbocycles. The Bertz CT molecular complexity index is 1420. The molecule has 10 heteroatoms. The standard InChI is InChI=1S/C23H14ClF4N3O2/c24-18-8-5-15(23(26,27)28)11-19(18)30-21(32)17-10-14-2-1-9-29-20(14)31(22(17)33)12-13-3-6-16(25)7-4-13/h1-11H,12H2,(H,30,32). The second-order valence-corrected chi connectivity index (χ2v) is 7.55. The number of benzene rings is 2. The van der Waals surface area contributed by atoms with Crippen LogP contribution in [0.2, 0.25) is 5.02 Å². The number of fused-ring (bicyclic) bond motifs is 1. The maximum atomic E-state index is 13.3. The molecule has 0 saturated heterocycles. The Balaban J connectivity index is 1.77. The number of carbonyl (C=O) groups is 1. The average molecular weight is 476 g/mol. The summed E-state index contributed by atoms with van der Waals surface area (Å²) in [7, 11) is 0. The highest BCUT2D eigenvalue weighted by molar-refractivity contribution is 6.34. The van der Waals surface area contributed by atoms with Crippen molar-refractivity contribution in [3.8, 4) is 0 Å². The number of amides is 1. The molecule has 2 aromatic heterocycles. The number of rotatable bonds is 4. The molecular weight excluding hydrogens is 462 g/mol. The van der Waals surface area contributed by atoms with Crippen molar-refractivity contribution >= 4 is 34.2 Å². The van der Waals surface area contributed by atoms with Crippen LogP contribution in [0.15, 0.2) is 71.7 Å². The zero-order chi connectivity index (χ0) is 23.8. The van der Waals surface area contributed by atoms with Crippen molar-refractivity contribution in [2.45, 2.75) is 12.7 Å². The quantitative estimate of drug-likeness (QED) is 0.396. The number of alkyl halides is 3. The summed E-state index contributed by atoms with van der Waals surface area (Å²) in [6.45, 7) is -0.00192. The molecule has 1 N–H and O–H groups in total. The molecule has 0 saturated carbocycles. The Morgan fingerprint density at radius 1 is 1.06 bits per heavy atom. The molecule has 0 spiro atoms. The number of nitrogens with zero attached hydrogens (tertiary/aromatic N) is 2. The fraction of sp³-hybridized carbons (Fsp3) is 0.0870. The first-order chi connectivity index (χ1) is 15.6. The zero-order valence-corrected chi connectivity index (χ0v) is 17.4. The summed E-state index contributed by atoms with van der Waals surface area (Å²) in [6, 6.07) is 12.5. The average Bonchev–Trinajstić information content (AvgIpc) is 2.77. The van der Waals surface area contributed by atoms with E-state index in [9.17, 15) is 27.2 Å². The number of anilines is 1. The molecule has 0 radical (unpaired) electrons. The molecule has 0 unspecified atom stereocenters. The minimum absolute atomic E-state index is 0.00192. The minimum atomic E-state index is -4.64. The lowest BCUT2D eigenvalue weighted by molar-refractivity contribution is -0.137. The third-order valence-corrected chi connectivity index (χ3v) is 5.22. The highest BCUT2D eigenvalue weighted by Gasteiger charge is 2.31. The summed E-state index contributed by atoms with van der Waals surface area (Å²) in [6.07, 6.45) is -3.16. The van der Waals surface area contributed by atoms with Crippen LogP contribution in [0.4, 0.5) is 23.2 Å². The van der Waals surface area contributed by atoms with E-state index >= 15 is 0 Å². The van der Waals surface area contributed by atoms with Crippen molar-refractivity contribution in [3.63, 3.8) is 0 Å². The Morgan fingerprint density at radius 2 is 1.79 bits per heavy atom. The topological polar surface area (TPSA) is 64.0 Å². The number of nitrogens with one attached hydrogen (secondary N) is 1. The van der Waals surface area contributed by atoms with Crippen molar-refractivity contribution < 1.29 is 22.4 Å². The van der Waals surface area contributed by atoms with Gasteiger partial charge in [-0.15, -0.1) is 0 Å². The molecule has 4 rings (SSSR count). The minimum Gasteiger partial charge on any atom is -0.320 e. The van der Waals surface area contributed by atoms with E-state index in [4.69, 9.17) is 11.6 Å². The Kier molecular flexibility index (Phi) is 5.90. The predicted molar refractivity (Wildman–Crippen MR) is 116 cm³/mol. The number of pyridine rings is 2. The summed E-state index contributed by atoms with van der Waals surface area (Å²) < 4.78 is 53.6. The van der Waals surface area contributed by atoms with Gasteiger partial charge in [0.05, 0.1) is 22.8 Å². The van der Waals surface area contributed by atoms with E-state index in [1.807, 2.05) is 0 Å². The van der Waals surface area contributed by atoms with E-state index in [1.165, 1.54) is 41.1 Å². The van der Waals surface area contributed by atoms with Crippen LogP contribution in [0, 0.1) is 5.82 Å². The van der Waals surface area contributed by atoms with Crippen LogP contribution >= 0.6 is 11.6 Å². The van der Waals surface area contributed by atoms with E-state index in [0.717, 1.165) is 12.1 Å². The van der Waals surface area contributed by atoms with Crippen molar-refractivity contribution in [1.82, 2.24) is 9.55 Å². The van der Waals surface area contributed by atoms with Crippen molar-refractivity contribution in [2.24, 2.45) is 0 Å². The lowest BCUT2D eigenvalue weighted by Crippen LogP contribution is -2.30. The molecular formula is C23H14ClF4N3O2. The van der Waals surface area contributed by atoms with Gasteiger partial charge in [0, 0.05) is 11.6 Å². The van der Waals surface area contributed by atoms with Gasteiger partial charge in [-0.3, -0.25) is 14.2 Å². The second kappa shape index (κ2) is 8.67. The van der Waals surface area contributed by atoms with Crippen molar-refractivity contribution in [1.29, 1.82) is 0 Å². The Hall–Kier alpha value is -3.72. The number of hydrogen-bond acceptors (Lipinski definition) is 3. The van der Waals surface area contributed by atoms with Gasteiger partial charge < -0.3 is 5.32 Å². The number of carbonyl (C=O) groups excluding carboxylic acids is 1. The lowest BCUT2D eigenvalue weighted by Gasteiger charge is -2.14. The van der Waals surface area contributed by atoms with E-state index in [2.05, 4.69) is 10.3 Å². The summed E-state index contributed by atoms with van der Waals surface area (Å²) in [5.41, 5.74) is -1.44. The van der Waals surface area contributed by atoms with Gasteiger partial charge in [0.15, 0.2) is 0 Å². The van der Waals surface area contributed by atoms with Gasteiger partial charge in [-0.2, -0.15) is 13.2 Å². The molecule has 4 aromatic rings. The highest BCUT2D eigenvalue weighted by atomic mass is 35.5. The van der Waals surface area contributed by atoms with Crippen LogP contribution < -0.4 is 10.9 Å². The Labute approximate surface area is 189 Å². The lowest BCUT2D eigenvalue weighted by atomic mass is 10.1. The van der Waals surface area contributed by atoms with Gasteiger partial charge in [-0.25, -0.2) is 9.37 Å². The third-order valence-electron chi connectivity index (χ3n) is 4.89. The smallest absolute Gasteiger partial charge is 0.320 e. The monoisotopic (exact) mass is 475 g/mol. The van der Waals surface area contributed by atoms with Gasteiger partial charge in [0.1, 0.15) is 17.0 Å². The molecule has 33 heavy (non-hydrogen) atoms. The molecule has 168 valence electrons. The molecule has 0 aliphatic carbocycles. The van der Waals surface area contributed by atoms with Crippen molar-refractivity contribution in [2.75, 3.05) is 5.32 Å². The maximum Gasteiger partial charge on any atom is 0.416 e. The molecule has 0 aliphatic heterocycles. The predicted octanol–water partition coefficient (Wildman–Crippen LogP) is 5.51. The summed E-state index contributed by atoms with van der Waals surface area (Å²) in [5.74, 6) is -1.37. The molecule has 5 nitrogen and oxygen atoms in total. The van der Waals surface area contributed by atoms with Crippen LogP contribution in [-0.2, 0) is 12.7 Å². The summed E-state index contributed by atoms with van der Waals surface area (Å²) >= 11 is 5.96. The molecule has 1 amide bonds. The highest BCUT2D eigenvalue weighted by Crippen LogP contribution is 2.34. The SMILES string of the molecule is O=C(Nc1cc(C(F)(F)F)ccc1Cl)c1cc2cccnc2n(Cc2ccc(F)cc2)c1=O. The fourth-order valence-corrected chi connectivity index (χ4v) is 3.44. The van der Waals surface area contributed by atoms with Crippen LogP contribution in [0.3, 0.4) is 0 Å². The van der Waals surface area contributed by atoms with Crippen molar-refractivity contribution in [3.05, 3.63) is 105 Å². The summed E-state index contributed by atoms with van der Waals surface area (Å²) in [4.78, 5) is 30.3. The molecule has 0 fully saturated rings. The van der Waals surface area contributed by atoms with E-state index in [0.29, 0.717) is 22.7 Å². The van der Waals surface area contributed by atoms with E-state index in [1.54, 1.807) is 12.1 Å². The molecule has 0 atom stereocenters. The van der Waals surface area contributed by atoms with Crippen LogP contribution in [0.1, 0.15) is 21.5 Å². The van der Waals surface area contributed by atoms with Gasteiger partial charge in [-0.05, 0) is 54.1 Å². The normalized spacial score (nSPS) is 11.5. The second-order valence-electron chi connectivity index (χ2n) is 7.14. The zero-order valence-electron chi connectivity index (χ0n) is 16.7. The molecule has 0 aliphatic rings. The van der Waals surface area contributed by atoms with Crippen LogP contribution in [0.5, 0.6) is 0 Å². The first-order valence-corrected chi connectivity index (χ1v) is 9.92. The molecule has 0 bridgehead atoms. The van der Waals surface area contributed by atoms with Crippen LogP contribution in [-0.4, -0.2) is 15.5 Å². The van der Waals surface area contributed by atoms with Gasteiger partial charge in [0.2, 0.25) is 0 Å². The molecule has 2 heterocycles.